The van der Waals surface area contributed by atoms with E-state index in [1.165, 1.54) is 11.3 Å². The molecule has 0 bridgehead atoms. The zero-order valence-corrected chi connectivity index (χ0v) is 8.83. The molecule has 0 radical (unpaired) electrons. The number of aliphatic hydroxyl groups is 1. The van der Waals surface area contributed by atoms with Crippen molar-refractivity contribution in [3.05, 3.63) is 17.0 Å². The molecule has 0 fully saturated rings. The summed E-state index contributed by atoms with van der Waals surface area (Å²) in [5, 5.41) is 13.7. The first-order valence-electron chi connectivity index (χ1n) is 4.77. The second-order valence-electron chi connectivity index (χ2n) is 3.52. The topological polar surface area (TPSA) is 38.0 Å². The van der Waals surface area contributed by atoms with Crippen molar-refractivity contribution in [2.45, 2.75) is 46.8 Å². The number of rotatable bonds is 3. The largest absolute Gasteiger partial charge is 0.393 e. The number of hydrogen-bond acceptors (Lipinski definition) is 2. The normalized spacial score (nSPS) is 13.3. The van der Waals surface area contributed by atoms with Crippen LogP contribution in [0.25, 0.3) is 0 Å². The van der Waals surface area contributed by atoms with Gasteiger partial charge in [-0.15, -0.1) is 0 Å². The van der Waals surface area contributed by atoms with E-state index >= 15 is 0 Å². The summed E-state index contributed by atoms with van der Waals surface area (Å²) in [6, 6.07) is 0. The Kier molecular flexibility index (Phi) is 3.09. The molecule has 0 aromatic carbocycles. The average molecular weight is 182 g/mol. The third kappa shape index (κ3) is 2.10. The maximum absolute atomic E-state index is 9.30. The number of aliphatic hydroxyl groups excluding tert-OH is 1. The lowest BCUT2D eigenvalue weighted by molar-refractivity contribution is 0.195. The van der Waals surface area contributed by atoms with Crippen molar-refractivity contribution in [1.82, 2.24) is 9.78 Å². The lowest BCUT2D eigenvalue weighted by Crippen LogP contribution is -2.06. The Morgan fingerprint density at radius 2 is 2.08 bits per heavy atom. The summed E-state index contributed by atoms with van der Waals surface area (Å²) in [4.78, 5) is 0. The Balaban J connectivity index is 2.98. The van der Waals surface area contributed by atoms with Gasteiger partial charge in [0.1, 0.15) is 0 Å². The second kappa shape index (κ2) is 3.92. The van der Waals surface area contributed by atoms with Gasteiger partial charge in [-0.2, -0.15) is 5.10 Å². The molecule has 3 nitrogen and oxygen atoms in total. The monoisotopic (exact) mass is 182 g/mol. The van der Waals surface area contributed by atoms with E-state index in [0.717, 1.165) is 12.2 Å². The lowest BCUT2D eigenvalue weighted by atomic mass is 10.1. The molecule has 0 aliphatic heterocycles. The maximum Gasteiger partial charge on any atom is 0.0629 e. The molecule has 1 rings (SSSR count). The molecule has 1 aromatic rings. The number of nitrogens with zero attached hydrogens (tertiary/aromatic N) is 2. The van der Waals surface area contributed by atoms with Crippen molar-refractivity contribution in [2.24, 2.45) is 0 Å². The summed E-state index contributed by atoms with van der Waals surface area (Å²) in [6.07, 6.45) is 0.421. The molecule has 0 spiro atoms. The van der Waals surface area contributed by atoms with Crippen LogP contribution in [0, 0.1) is 13.8 Å². The first kappa shape index (κ1) is 10.3. The molecule has 13 heavy (non-hydrogen) atoms. The van der Waals surface area contributed by atoms with Gasteiger partial charge in [0.2, 0.25) is 0 Å². The molecule has 0 amide bonds. The first-order chi connectivity index (χ1) is 6.06. The zero-order valence-electron chi connectivity index (χ0n) is 8.83. The Bertz CT molecular complexity index is 289. The second-order valence-corrected chi connectivity index (χ2v) is 3.52. The van der Waals surface area contributed by atoms with Crippen molar-refractivity contribution in [1.29, 1.82) is 0 Å². The van der Waals surface area contributed by atoms with Gasteiger partial charge in [-0.3, -0.25) is 4.68 Å². The molecular weight excluding hydrogens is 164 g/mol. The van der Waals surface area contributed by atoms with Gasteiger partial charge < -0.3 is 5.11 Å². The van der Waals surface area contributed by atoms with Crippen LogP contribution >= 0.6 is 0 Å². The predicted molar refractivity (Wildman–Crippen MR) is 52.8 cm³/mol. The van der Waals surface area contributed by atoms with E-state index in [4.69, 9.17) is 0 Å². The van der Waals surface area contributed by atoms with Crippen LogP contribution in [0.3, 0.4) is 0 Å². The van der Waals surface area contributed by atoms with Gasteiger partial charge in [-0.25, -0.2) is 0 Å². The van der Waals surface area contributed by atoms with Gasteiger partial charge in [0, 0.05) is 18.7 Å². The van der Waals surface area contributed by atoms with Gasteiger partial charge >= 0.3 is 0 Å². The molecule has 1 unspecified atom stereocenters. The fourth-order valence-corrected chi connectivity index (χ4v) is 1.63. The predicted octanol–water partition coefficient (Wildman–Crippen LogP) is 1.44. The minimum atomic E-state index is -0.285. The van der Waals surface area contributed by atoms with E-state index in [2.05, 4.69) is 18.9 Å². The standard InChI is InChI=1S/C10H18N2O/c1-5-12-9(4)10(6-7(2)13)8(3)11-12/h7,13H,5-6H2,1-4H3. The summed E-state index contributed by atoms with van der Waals surface area (Å²) < 4.78 is 1.98. The molecule has 0 aliphatic carbocycles. The van der Waals surface area contributed by atoms with Crippen LogP contribution in [0.4, 0.5) is 0 Å². The Morgan fingerprint density at radius 1 is 1.46 bits per heavy atom. The van der Waals surface area contributed by atoms with Crippen molar-refractivity contribution in [3.63, 3.8) is 0 Å². The van der Waals surface area contributed by atoms with Crippen molar-refractivity contribution in [2.75, 3.05) is 0 Å². The summed E-state index contributed by atoms with van der Waals surface area (Å²) in [7, 11) is 0. The molecule has 3 heteroatoms. The highest BCUT2D eigenvalue weighted by atomic mass is 16.3. The van der Waals surface area contributed by atoms with Gasteiger partial charge in [-0.1, -0.05) is 0 Å². The minimum Gasteiger partial charge on any atom is -0.393 e. The van der Waals surface area contributed by atoms with E-state index in [-0.39, 0.29) is 6.10 Å². The highest BCUT2D eigenvalue weighted by Gasteiger charge is 2.11. The van der Waals surface area contributed by atoms with Crippen molar-refractivity contribution >= 4 is 0 Å². The Hall–Kier alpha value is -0.830. The van der Waals surface area contributed by atoms with Crippen molar-refractivity contribution < 1.29 is 5.11 Å². The van der Waals surface area contributed by atoms with Crippen LogP contribution in [0.5, 0.6) is 0 Å². The van der Waals surface area contributed by atoms with Crippen LogP contribution in [-0.2, 0) is 13.0 Å². The molecule has 1 heterocycles. The van der Waals surface area contributed by atoms with Crippen LogP contribution in [0.1, 0.15) is 30.8 Å². The van der Waals surface area contributed by atoms with Crippen LogP contribution in [0.2, 0.25) is 0 Å². The van der Waals surface area contributed by atoms with Crippen molar-refractivity contribution in [3.8, 4) is 0 Å². The van der Waals surface area contributed by atoms with Crippen LogP contribution in [-0.4, -0.2) is 21.0 Å². The molecular formula is C10H18N2O. The first-order valence-corrected chi connectivity index (χ1v) is 4.77. The average Bonchev–Trinajstić information content (AvgIpc) is 2.31. The third-order valence-corrected chi connectivity index (χ3v) is 2.33. The van der Waals surface area contributed by atoms with Gasteiger partial charge in [-0.05, 0) is 33.3 Å². The van der Waals surface area contributed by atoms with Gasteiger partial charge in [0.25, 0.3) is 0 Å². The Labute approximate surface area is 79.4 Å². The zero-order chi connectivity index (χ0) is 10.0. The summed E-state index contributed by atoms with van der Waals surface area (Å²) in [6.45, 7) is 8.83. The number of aromatic nitrogens is 2. The highest BCUT2D eigenvalue weighted by molar-refractivity contribution is 5.25. The Morgan fingerprint density at radius 3 is 2.46 bits per heavy atom. The summed E-state index contributed by atoms with van der Waals surface area (Å²) >= 11 is 0. The van der Waals surface area contributed by atoms with E-state index in [0.29, 0.717) is 6.42 Å². The fourth-order valence-electron chi connectivity index (χ4n) is 1.63. The maximum atomic E-state index is 9.30. The van der Waals surface area contributed by atoms with E-state index < -0.39 is 0 Å². The van der Waals surface area contributed by atoms with Crippen LogP contribution < -0.4 is 0 Å². The van der Waals surface area contributed by atoms with Gasteiger partial charge in [0.15, 0.2) is 0 Å². The smallest absolute Gasteiger partial charge is 0.0629 e. The SMILES string of the molecule is CCn1nc(C)c(CC(C)O)c1C. The molecule has 1 N–H and O–H groups in total. The summed E-state index contributed by atoms with van der Waals surface area (Å²) in [5.41, 5.74) is 3.41. The van der Waals surface area contributed by atoms with E-state index in [9.17, 15) is 5.11 Å². The molecule has 0 aliphatic rings. The third-order valence-electron chi connectivity index (χ3n) is 2.33. The molecule has 74 valence electrons. The number of hydrogen-bond donors (Lipinski definition) is 1. The molecule has 1 aromatic heterocycles. The molecule has 0 saturated heterocycles. The van der Waals surface area contributed by atoms with E-state index in [1.807, 2.05) is 18.5 Å². The van der Waals surface area contributed by atoms with Gasteiger partial charge in [0.05, 0.1) is 11.8 Å². The summed E-state index contributed by atoms with van der Waals surface area (Å²) in [5.74, 6) is 0. The lowest BCUT2D eigenvalue weighted by Gasteiger charge is -2.04. The number of aryl methyl sites for hydroxylation is 2. The quantitative estimate of drug-likeness (QED) is 0.768. The molecule has 0 saturated carbocycles. The van der Waals surface area contributed by atoms with E-state index in [1.54, 1.807) is 0 Å². The fraction of sp³-hybridized carbons (Fsp3) is 0.700. The highest BCUT2D eigenvalue weighted by Crippen LogP contribution is 2.14. The van der Waals surface area contributed by atoms with Crippen LogP contribution in [0.15, 0.2) is 0 Å². The minimum absolute atomic E-state index is 0.285. The molecule has 1 atom stereocenters.